The molecule has 1 aliphatic heterocycles. The molecule has 1 saturated heterocycles. The van der Waals surface area contributed by atoms with Crippen LogP contribution in [-0.4, -0.2) is 55.0 Å². The predicted molar refractivity (Wildman–Crippen MR) is 120 cm³/mol. The van der Waals surface area contributed by atoms with E-state index in [1.54, 1.807) is 18.2 Å². The lowest BCUT2D eigenvalue weighted by atomic mass is 10.1. The van der Waals surface area contributed by atoms with Crippen molar-refractivity contribution in [3.8, 4) is 0 Å². The van der Waals surface area contributed by atoms with E-state index in [1.807, 2.05) is 36.4 Å². The Bertz CT molecular complexity index is 962. The third kappa shape index (κ3) is 6.03. The number of amides is 1. The summed E-state index contributed by atoms with van der Waals surface area (Å²) in [6.07, 6.45) is 6.08. The van der Waals surface area contributed by atoms with Gasteiger partial charge in [-0.3, -0.25) is 14.8 Å². The maximum absolute atomic E-state index is 12.7. The van der Waals surface area contributed by atoms with Crippen molar-refractivity contribution in [1.29, 1.82) is 0 Å². The van der Waals surface area contributed by atoms with Crippen molar-refractivity contribution in [2.75, 3.05) is 38.1 Å². The summed E-state index contributed by atoms with van der Waals surface area (Å²) >= 11 is 6.28. The minimum atomic E-state index is -0.595. The zero-order valence-electron chi connectivity index (χ0n) is 16.7. The highest BCUT2D eigenvalue weighted by atomic mass is 35.5. The van der Waals surface area contributed by atoms with Gasteiger partial charge in [-0.15, -0.1) is 0 Å². The van der Waals surface area contributed by atoms with Crippen LogP contribution in [0.15, 0.2) is 54.6 Å². The highest BCUT2D eigenvalue weighted by Crippen LogP contribution is 2.24. The molecular weight excluding hydrogens is 402 g/mol. The van der Waals surface area contributed by atoms with Gasteiger partial charge >= 0.3 is 0 Å². The average Bonchev–Trinajstić information content (AvgIpc) is 2.76. The lowest BCUT2D eigenvalue weighted by Crippen LogP contribution is -2.44. The van der Waals surface area contributed by atoms with E-state index in [0.29, 0.717) is 10.6 Å². The van der Waals surface area contributed by atoms with E-state index in [1.165, 1.54) is 17.6 Å². The molecule has 2 aromatic carbocycles. The fourth-order valence-electron chi connectivity index (χ4n) is 3.16. The molecule has 1 aliphatic rings. The first-order valence-corrected chi connectivity index (χ1v) is 10.0. The Morgan fingerprint density at radius 1 is 0.967 bits per heavy atom. The second-order valence-corrected chi connectivity index (χ2v) is 7.60. The zero-order chi connectivity index (χ0) is 21.5. The van der Waals surface area contributed by atoms with E-state index in [4.69, 9.17) is 16.8 Å². The van der Waals surface area contributed by atoms with Crippen LogP contribution in [0.2, 0.25) is 5.02 Å². The molecule has 6 nitrogen and oxygen atoms in total. The number of nitrogens with zero attached hydrogens (tertiary/aromatic N) is 2. The van der Waals surface area contributed by atoms with Gasteiger partial charge in [0.05, 0.1) is 0 Å². The molecule has 30 heavy (non-hydrogen) atoms. The van der Waals surface area contributed by atoms with Crippen LogP contribution in [0.25, 0.3) is 12.2 Å². The first kappa shape index (κ1) is 21.8. The summed E-state index contributed by atoms with van der Waals surface area (Å²) in [5.74, 6) is -0.710. The Kier molecular flexibility index (Phi) is 7.41. The number of allylic oxidation sites excluding steroid dienone is 1. The quantitative estimate of drug-likeness (QED) is 0.321. The summed E-state index contributed by atoms with van der Waals surface area (Å²) in [5.41, 5.74) is 4.72. The lowest BCUT2D eigenvalue weighted by molar-refractivity contribution is -0.124. The van der Waals surface area contributed by atoms with Gasteiger partial charge in [0.2, 0.25) is 0 Å². The molecule has 2 aromatic rings. The molecule has 2 N–H and O–H groups in total. The zero-order valence-corrected chi connectivity index (χ0v) is 17.5. The van der Waals surface area contributed by atoms with Crippen LogP contribution in [0, 0.1) is 0 Å². The Morgan fingerprint density at radius 3 is 2.17 bits per heavy atom. The van der Waals surface area contributed by atoms with Crippen LogP contribution < -0.4 is 10.4 Å². The highest BCUT2D eigenvalue weighted by Gasteiger charge is 2.16. The van der Waals surface area contributed by atoms with E-state index in [9.17, 15) is 9.59 Å². The molecule has 3 rings (SSSR count). The molecule has 1 heterocycles. The Labute approximate surface area is 181 Å². The molecule has 0 radical (unpaired) electrons. The SMILES string of the molecule is CN1CCN(c2cc(Cl)cc(C(=O)C=Cc3ccc(C=CC(=O)NO)cc3)c2)CC1. The summed E-state index contributed by atoms with van der Waals surface area (Å²) < 4.78 is 0. The van der Waals surface area contributed by atoms with Crippen molar-refractivity contribution in [3.05, 3.63) is 76.3 Å². The number of carbonyl (C=O) groups is 2. The number of hydroxylamine groups is 1. The molecule has 0 unspecified atom stereocenters. The minimum absolute atomic E-state index is 0.114. The molecule has 0 bridgehead atoms. The normalized spacial score (nSPS) is 15.1. The number of piperazine rings is 1. The van der Waals surface area contributed by atoms with Crippen LogP contribution in [-0.2, 0) is 4.79 Å². The highest BCUT2D eigenvalue weighted by molar-refractivity contribution is 6.31. The molecule has 0 aliphatic carbocycles. The van der Waals surface area contributed by atoms with Crippen LogP contribution in [0.5, 0.6) is 0 Å². The van der Waals surface area contributed by atoms with E-state index in [0.717, 1.165) is 43.0 Å². The number of carbonyl (C=O) groups excluding carboxylic acids is 2. The molecule has 0 spiro atoms. The van der Waals surface area contributed by atoms with Gasteiger partial charge in [-0.1, -0.05) is 41.9 Å². The number of hydrogen-bond donors (Lipinski definition) is 2. The smallest absolute Gasteiger partial charge is 0.267 e. The predicted octanol–water partition coefficient (Wildman–Crippen LogP) is 3.51. The van der Waals surface area contributed by atoms with E-state index < -0.39 is 5.91 Å². The van der Waals surface area contributed by atoms with Gasteiger partial charge in [0.1, 0.15) is 0 Å². The molecule has 7 heteroatoms. The molecule has 0 aromatic heterocycles. The second-order valence-electron chi connectivity index (χ2n) is 7.16. The molecule has 1 fully saturated rings. The summed E-state index contributed by atoms with van der Waals surface area (Å²) in [5, 5.41) is 9.03. The van der Waals surface area contributed by atoms with Crippen LogP contribution in [0.1, 0.15) is 21.5 Å². The van der Waals surface area contributed by atoms with Gasteiger partial charge in [-0.25, -0.2) is 5.48 Å². The second kappa shape index (κ2) is 10.2. The Balaban J connectivity index is 1.69. The number of anilines is 1. The van der Waals surface area contributed by atoms with Crippen molar-refractivity contribution in [3.63, 3.8) is 0 Å². The van der Waals surface area contributed by atoms with Gasteiger partial charge in [0.15, 0.2) is 5.78 Å². The Morgan fingerprint density at radius 2 is 1.57 bits per heavy atom. The summed E-state index contributed by atoms with van der Waals surface area (Å²) in [7, 11) is 2.10. The van der Waals surface area contributed by atoms with Crippen LogP contribution in [0.3, 0.4) is 0 Å². The molecule has 0 saturated carbocycles. The molecule has 0 atom stereocenters. The minimum Gasteiger partial charge on any atom is -0.369 e. The molecule has 1 amide bonds. The van der Waals surface area contributed by atoms with E-state index in [2.05, 4.69) is 16.8 Å². The number of benzene rings is 2. The molecule has 156 valence electrons. The lowest BCUT2D eigenvalue weighted by Gasteiger charge is -2.34. The largest absolute Gasteiger partial charge is 0.369 e. The summed E-state index contributed by atoms with van der Waals surface area (Å²) in [4.78, 5) is 28.2. The van der Waals surface area contributed by atoms with E-state index in [-0.39, 0.29) is 5.78 Å². The number of likely N-dealkylation sites (N-methyl/N-ethyl adjacent to an activating group) is 1. The fourth-order valence-corrected chi connectivity index (χ4v) is 3.39. The first-order valence-electron chi connectivity index (χ1n) is 9.63. The third-order valence-corrected chi connectivity index (χ3v) is 5.15. The average molecular weight is 426 g/mol. The van der Waals surface area contributed by atoms with Crippen LogP contribution >= 0.6 is 11.6 Å². The fraction of sp³-hybridized carbons (Fsp3) is 0.217. The third-order valence-electron chi connectivity index (χ3n) is 4.94. The van der Waals surface area contributed by atoms with Gasteiger partial charge < -0.3 is 9.80 Å². The Hall–Kier alpha value is -2.93. The van der Waals surface area contributed by atoms with Gasteiger partial charge in [0.25, 0.3) is 5.91 Å². The van der Waals surface area contributed by atoms with Crippen molar-refractivity contribution < 1.29 is 14.8 Å². The van der Waals surface area contributed by atoms with Crippen LogP contribution in [0.4, 0.5) is 5.69 Å². The van der Waals surface area contributed by atoms with Gasteiger partial charge in [-0.2, -0.15) is 0 Å². The van der Waals surface area contributed by atoms with Crippen molar-refractivity contribution in [1.82, 2.24) is 10.4 Å². The van der Waals surface area contributed by atoms with Gasteiger partial charge in [-0.05, 0) is 48.5 Å². The van der Waals surface area contributed by atoms with Crippen molar-refractivity contribution >= 4 is 41.1 Å². The van der Waals surface area contributed by atoms with Crippen molar-refractivity contribution in [2.24, 2.45) is 0 Å². The topological polar surface area (TPSA) is 72.9 Å². The molecular formula is C23H24ClN3O3. The number of rotatable bonds is 6. The monoisotopic (exact) mass is 425 g/mol. The standard InChI is InChI=1S/C23H24ClN3O3/c1-26-10-12-27(13-11-26)21-15-19(14-20(24)16-21)22(28)8-6-17-2-4-18(5-3-17)7-9-23(29)25-30/h2-9,14-16,30H,10-13H2,1H3,(H,25,29). The maximum Gasteiger partial charge on any atom is 0.267 e. The van der Waals surface area contributed by atoms with E-state index >= 15 is 0 Å². The number of ketones is 1. The number of nitrogens with one attached hydrogen (secondary N) is 1. The van der Waals surface area contributed by atoms with Crippen molar-refractivity contribution in [2.45, 2.75) is 0 Å². The summed E-state index contributed by atoms with van der Waals surface area (Å²) in [6, 6.07) is 12.8. The maximum atomic E-state index is 12.7. The summed E-state index contributed by atoms with van der Waals surface area (Å²) in [6.45, 7) is 3.76. The number of hydrogen-bond acceptors (Lipinski definition) is 5. The first-order chi connectivity index (χ1) is 14.4. The number of halogens is 1. The van der Waals surface area contributed by atoms with Gasteiger partial charge in [0, 0.05) is 48.5 Å².